The van der Waals surface area contributed by atoms with Gasteiger partial charge in [-0.15, -0.1) is 0 Å². The average molecular weight is 269 g/mol. The lowest BCUT2D eigenvalue weighted by Crippen LogP contribution is -2.25. The van der Waals surface area contributed by atoms with Crippen molar-refractivity contribution < 1.29 is 19.3 Å². The van der Waals surface area contributed by atoms with E-state index in [1.165, 1.54) is 0 Å². The molecule has 0 spiro atoms. The molecule has 0 saturated carbocycles. The van der Waals surface area contributed by atoms with E-state index in [1.807, 2.05) is 0 Å². The van der Waals surface area contributed by atoms with E-state index in [4.69, 9.17) is 14.2 Å². The Hall–Kier alpha value is 0.0600. The minimum atomic E-state index is -0.560. The highest BCUT2D eigenvalue weighted by Crippen LogP contribution is 2.03. The number of ether oxygens (including phenoxy) is 3. The summed E-state index contributed by atoms with van der Waals surface area (Å²) < 4.78 is 15.1. The normalized spacial score (nSPS) is 16.0. The zero-order valence-corrected chi connectivity index (χ0v) is 10.1. The van der Waals surface area contributed by atoms with Crippen LogP contribution in [0.4, 0.5) is 0 Å². The van der Waals surface area contributed by atoms with Crippen molar-refractivity contribution in [1.82, 2.24) is 0 Å². The largest absolute Gasteiger partial charge is 0.390 e. The van der Waals surface area contributed by atoms with E-state index in [-0.39, 0.29) is 12.9 Å². The standard InChI is InChI=1S/C9H17BrO4/c1-8(11)9(3-4-10)14-7-13-6-5-12-2/h3-4,8-9,11H,5-7H2,1-2H3/b4-3+/t8-,9+/m1/s1. The van der Waals surface area contributed by atoms with Gasteiger partial charge >= 0.3 is 0 Å². The first kappa shape index (κ1) is 14.1. The fourth-order valence-electron chi connectivity index (χ4n) is 0.755. The van der Waals surface area contributed by atoms with Crippen LogP contribution in [0.1, 0.15) is 6.92 Å². The zero-order valence-electron chi connectivity index (χ0n) is 8.48. The molecule has 2 atom stereocenters. The van der Waals surface area contributed by atoms with Crippen LogP contribution in [0.2, 0.25) is 0 Å². The lowest BCUT2D eigenvalue weighted by atomic mass is 10.2. The number of hydrogen-bond acceptors (Lipinski definition) is 4. The first-order valence-corrected chi connectivity index (χ1v) is 5.27. The summed E-state index contributed by atoms with van der Waals surface area (Å²) in [5, 5.41) is 9.27. The van der Waals surface area contributed by atoms with E-state index in [0.717, 1.165) is 0 Å². The highest BCUT2D eigenvalue weighted by Gasteiger charge is 2.11. The van der Waals surface area contributed by atoms with E-state index < -0.39 is 6.10 Å². The fourth-order valence-corrected chi connectivity index (χ4v) is 1.06. The summed E-state index contributed by atoms with van der Waals surface area (Å²) in [7, 11) is 1.61. The first-order chi connectivity index (χ1) is 6.72. The maximum Gasteiger partial charge on any atom is 0.147 e. The van der Waals surface area contributed by atoms with Gasteiger partial charge in [-0.05, 0) is 18.0 Å². The Morgan fingerprint density at radius 3 is 2.64 bits per heavy atom. The van der Waals surface area contributed by atoms with Crippen LogP contribution in [0.15, 0.2) is 11.1 Å². The predicted molar refractivity (Wildman–Crippen MR) is 57.3 cm³/mol. The fraction of sp³-hybridized carbons (Fsp3) is 0.778. The molecule has 0 aliphatic rings. The molecule has 4 nitrogen and oxygen atoms in total. The molecule has 0 aliphatic heterocycles. The van der Waals surface area contributed by atoms with E-state index in [2.05, 4.69) is 15.9 Å². The van der Waals surface area contributed by atoms with Crippen LogP contribution >= 0.6 is 15.9 Å². The van der Waals surface area contributed by atoms with Gasteiger partial charge in [0.05, 0.1) is 19.3 Å². The van der Waals surface area contributed by atoms with Crippen LogP contribution in [-0.2, 0) is 14.2 Å². The Bertz CT molecular complexity index is 150. The SMILES string of the molecule is COCCOCO[C@@H](/C=C/Br)[C@@H](C)O. The van der Waals surface area contributed by atoms with Crippen molar-refractivity contribution in [2.75, 3.05) is 27.1 Å². The molecule has 0 aromatic rings. The van der Waals surface area contributed by atoms with Crippen LogP contribution in [0.25, 0.3) is 0 Å². The van der Waals surface area contributed by atoms with Gasteiger partial charge in [0.15, 0.2) is 0 Å². The maximum atomic E-state index is 9.27. The molecule has 0 fully saturated rings. The van der Waals surface area contributed by atoms with E-state index in [9.17, 15) is 5.11 Å². The molecule has 1 N–H and O–H groups in total. The molecule has 5 heteroatoms. The van der Waals surface area contributed by atoms with Crippen molar-refractivity contribution in [3.63, 3.8) is 0 Å². The Labute approximate surface area is 93.0 Å². The summed E-state index contributed by atoms with van der Waals surface area (Å²) >= 11 is 3.12. The van der Waals surface area contributed by atoms with Crippen LogP contribution in [0, 0.1) is 0 Å². The van der Waals surface area contributed by atoms with Crippen molar-refractivity contribution in [3.05, 3.63) is 11.1 Å². The number of halogens is 1. The molecule has 0 rings (SSSR count). The van der Waals surface area contributed by atoms with E-state index >= 15 is 0 Å². The molecule has 0 aromatic carbocycles. The van der Waals surface area contributed by atoms with Crippen LogP contribution in [0.3, 0.4) is 0 Å². The number of aliphatic hydroxyl groups is 1. The molecule has 0 unspecified atom stereocenters. The van der Waals surface area contributed by atoms with Gasteiger partial charge in [0.1, 0.15) is 12.9 Å². The maximum absolute atomic E-state index is 9.27. The van der Waals surface area contributed by atoms with Crippen LogP contribution < -0.4 is 0 Å². The quantitative estimate of drug-likeness (QED) is 0.532. The summed E-state index contributed by atoms with van der Waals surface area (Å²) in [6, 6.07) is 0. The molecule has 84 valence electrons. The number of rotatable bonds is 8. The van der Waals surface area contributed by atoms with Crippen molar-refractivity contribution in [1.29, 1.82) is 0 Å². The van der Waals surface area contributed by atoms with E-state index in [1.54, 1.807) is 25.1 Å². The molecule has 14 heavy (non-hydrogen) atoms. The van der Waals surface area contributed by atoms with E-state index in [0.29, 0.717) is 13.2 Å². The number of methoxy groups -OCH3 is 1. The molecule has 0 radical (unpaired) electrons. The zero-order chi connectivity index (χ0) is 10.8. The van der Waals surface area contributed by atoms with Gasteiger partial charge in [-0.3, -0.25) is 0 Å². The smallest absolute Gasteiger partial charge is 0.147 e. The number of hydrogen-bond donors (Lipinski definition) is 1. The van der Waals surface area contributed by atoms with Gasteiger partial charge in [0, 0.05) is 7.11 Å². The van der Waals surface area contributed by atoms with Crippen molar-refractivity contribution >= 4 is 15.9 Å². The minimum Gasteiger partial charge on any atom is -0.390 e. The van der Waals surface area contributed by atoms with Gasteiger partial charge in [-0.1, -0.05) is 15.9 Å². The van der Waals surface area contributed by atoms with Gasteiger partial charge in [0.2, 0.25) is 0 Å². The Morgan fingerprint density at radius 2 is 2.14 bits per heavy atom. The molecule has 0 heterocycles. The monoisotopic (exact) mass is 268 g/mol. The lowest BCUT2D eigenvalue weighted by Gasteiger charge is -2.16. The lowest BCUT2D eigenvalue weighted by molar-refractivity contribution is -0.110. The summed E-state index contributed by atoms with van der Waals surface area (Å²) in [5.41, 5.74) is 0. The second kappa shape index (κ2) is 9.61. The first-order valence-electron chi connectivity index (χ1n) is 4.35. The third-order valence-corrected chi connectivity index (χ3v) is 1.82. The van der Waals surface area contributed by atoms with Gasteiger partial charge in [-0.25, -0.2) is 0 Å². The topological polar surface area (TPSA) is 47.9 Å². The Balaban J connectivity index is 3.51. The van der Waals surface area contributed by atoms with Gasteiger partial charge in [0.25, 0.3) is 0 Å². The highest BCUT2D eigenvalue weighted by atomic mass is 79.9. The number of aliphatic hydroxyl groups excluding tert-OH is 1. The van der Waals surface area contributed by atoms with Crippen molar-refractivity contribution in [3.8, 4) is 0 Å². The summed E-state index contributed by atoms with van der Waals surface area (Å²) in [5.74, 6) is 0. The van der Waals surface area contributed by atoms with Gasteiger partial charge < -0.3 is 19.3 Å². The molecule has 0 aliphatic carbocycles. The summed E-state index contributed by atoms with van der Waals surface area (Å²) in [4.78, 5) is 1.65. The molecular formula is C9H17BrO4. The molecule has 0 bridgehead atoms. The van der Waals surface area contributed by atoms with Crippen LogP contribution in [-0.4, -0.2) is 44.4 Å². The molecule has 0 aromatic heterocycles. The second-order valence-electron chi connectivity index (χ2n) is 2.71. The highest BCUT2D eigenvalue weighted by molar-refractivity contribution is 9.11. The summed E-state index contributed by atoms with van der Waals surface area (Å²) in [6.07, 6.45) is 0.802. The third-order valence-electron chi connectivity index (χ3n) is 1.51. The van der Waals surface area contributed by atoms with Crippen molar-refractivity contribution in [2.45, 2.75) is 19.1 Å². The summed E-state index contributed by atoms with van der Waals surface area (Å²) in [6.45, 7) is 2.83. The minimum absolute atomic E-state index is 0.149. The Kier molecular flexibility index (Phi) is 9.65. The van der Waals surface area contributed by atoms with Crippen LogP contribution in [0.5, 0.6) is 0 Å². The van der Waals surface area contributed by atoms with Crippen molar-refractivity contribution in [2.24, 2.45) is 0 Å². The molecule has 0 amide bonds. The third kappa shape index (κ3) is 7.46. The average Bonchev–Trinajstić information content (AvgIpc) is 2.15. The molecular weight excluding hydrogens is 252 g/mol. The second-order valence-corrected chi connectivity index (χ2v) is 3.24. The Morgan fingerprint density at radius 1 is 1.43 bits per heavy atom. The molecule has 0 saturated heterocycles. The predicted octanol–water partition coefficient (Wildman–Crippen LogP) is 1.28. The van der Waals surface area contributed by atoms with Gasteiger partial charge in [-0.2, -0.15) is 0 Å².